The summed E-state index contributed by atoms with van der Waals surface area (Å²) < 4.78 is 5.19. The van der Waals surface area contributed by atoms with Crippen molar-refractivity contribution in [3.8, 4) is 0 Å². The van der Waals surface area contributed by atoms with Crippen LogP contribution in [0.1, 0.15) is 31.2 Å². The monoisotopic (exact) mass is 249 g/mol. The molecular formula is C14H21N2O2+. The first-order valence-electron chi connectivity index (χ1n) is 6.54. The lowest BCUT2D eigenvalue weighted by Gasteiger charge is -2.24. The van der Waals surface area contributed by atoms with Crippen LogP contribution in [0.2, 0.25) is 0 Å². The Hall–Kier alpha value is -1.55. The van der Waals surface area contributed by atoms with Gasteiger partial charge in [-0.2, -0.15) is 0 Å². The lowest BCUT2D eigenvalue weighted by molar-refractivity contribution is -0.425. The summed E-state index contributed by atoms with van der Waals surface area (Å²) in [6.45, 7) is 0.331. The molecule has 0 heterocycles. The van der Waals surface area contributed by atoms with E-state index in [4.69, 9.17) is 4.74 Å². The van der Waals surface area contributed by atoms with Gasteiger partial charge >= 0.3 is 6.09 Å². The Balaban J connectivity index is 1.69. The number of hydrogen-bond acceptors (Lipinski definition) is 2. The number of amides is 1. The second-order valence-corrected chi connectivity index (χ2v) is 4.92. The number of nitrogens with one attached hydrogen (secondary N) is 1. The summed E-state index contributed by atoms with van der Waals surface area (Å²) in [6.07, 6.45) is 3.88. The van der Waals surface area contributed by atoms with Gasteiger partial charge in [0.05, 0.1) is 6.04 Å². The van der Waals surface area contributed by atoms with Crippen LogP contribution in [-0.2, 0) is 11.3 Å². The molecule has 0 saturated heterocycles. The van der Waals surface area contributed by atoms with E-state index < -0.39 is 0 Å². The zero-order chi connectivity index (χ0) is 12.8. The van der Waals surface area contributed by atoms with Gasteiger partial charge < -0.3 is 15.8 Å². The van der Waals surface area contributed by atoms with E-state index >= 15 is 0 Å². The number of ether oxygens (including phenoxy) is 1. The third-order valence-corrected chi connectivity index (χ3v) is 3.38. The molecule has 1 saturated carbocycles. The van der Waals surface area contributed by atoms with Crippen molar-refractivity contribution in [2.45, 2.75) is 44.4 Å². The highest BCUT2D eigenvalue weighted by atomic mass is 16.5. The molecule has 1 aliphatic rings. The van der Waals surface area contributed by atoms with Crippen molar-refractivity contribution in [1.29, 1.82) is 0 Å². The van der Waals surface area contributed by atoms with E-state index in [2.05, 4.69) is 11.1 Å². The molecule has 1 aliphatic carbocycles. The summed E-state index contributed by atoms with van der Waals surface area (Å²) in [5.41, 5.74) is 5.05. The van der Waals surface area contributed by atoms with Crippen LogP contribution in [0.4, 0.5) is 4.79 Å². The summed E-state index contributed by atoms with van der Waals surface area (Å²) in [5.74, 6) is 0. The lowest BCUT2D eigenvalue weighted by atomic mass is 9.92. The second kappa shape index (κ2) is 6.40. The largest absolute Gasteiger partial charge is 0.445 e. The molecule has 0 atom stereocenters. The van der Waals surface area contributed by atoms with Crippen molar-refractivity contribution in [2.24, 2.45) is 0 Å². The van der Waals surface area contributed by atoms with Gasteiger partial charge in [-0.25, -0.2) is 4.79 Å². The molecule has 0 unspecified atom stereocenters. The molecule has 4 heteroatoms. The summed E-state index contributed by atoms with van der Waals surface area (Å²) in [4.78, 5) is 11.6. The van der Waals surface area contributed by atoms with Gasteiger partial charge in [-0.3, -0.25) is 0 Å². The fourth-order valence-corrected chi connectivity index (χ4v) is 2.24. The Morgan fingerprint density at radius 1 is 1.22 bits per heavy atom. The summed E-state index contributed by atoms with van der Waals surface area (Å²) in [6, 6.07) is 10.5. The first kappa shape index (κ1) is 12.9. The van der Waals surface area contributed by atoms with Gasteiger partial charge in [0.25, 0.3) is 0 Å². The molecular weight excluding hydrogens is 228 g/mol. The maximum atomic E-state index is 11.6. The van der Waals surface area contributed by atoms with Crippen LogP contribution in [0, 0.1) is 0 Å². The van der Waals surface area contributed by atoms with Gasteiger partial charge in [0.2, 0.25) is 0 Å². The molecule has 0 spiro atoms. The fraction of sp³-hybridized carbons (Fsp3) is 0.500. The average molecular weight is 249 g/mol. The average Bonchev–Trinajstić information content (AvgIpc) is 2.40. The van der Waals surface area contributed by atoms with Crippen LogP contribution in [0.25, 0.3) is 0 Å². The minimum atomic E-state index is -0.314. The highest BCUT2D eigenvalue weighted by molar-refractivity contribution is 5.67. The van der Waals surface area contributed by atoms with E-state index in [1.165, 1.54) is 0 Å². The molecule has 0 aromatic heterocycles. The van der Waals surface area contributed by atoms with Crippen LogP contribution in [0.15, 0.2) is 30.3 Å². The molecule has 4 N–H and O–H groups in total. The standard InChI is InChI=1S/C14H20N2O2/c15-12-6-8-13(9-7-12)16-14(17)18-10-11-4-2-1-3-5-11/h1-5,12-13H,6-10,15H2,(H,16,17)/p+1. The Kier molecular flexibility index (Phi) is 4.59. The number of rotatable bonds is 3. The van der Waals surface area contributed by atoms with Crippen molar-refractivity contribution < 1.29 is 15.3 Å². The zero-order valence-corrected chi connectivity index (χ0v) is 10.6. The van der Waals surface area contributed by atoms with E-state index in [0.717, 1.165) is 31.2 Å². The summed E-state index contributed by atoms with van der Waals surface area (Å²) in [7, 11) is 0. The first-order valence-corrected chi connectivity index (χ1v) is 6.54. The summed E-state index contributed by atoms with van der Waals surface area (Å²) >= 11 is 0. The van der Waals surface area contributed by atoms with Crippen molar-refractivity contribution in [1.82, 2.24) is 5.32 Å². The smallest absolute Gasteiger partial charge is 0.407 e. The van der Waals surface area contributed by atoms with Gasteiger partial charge in [-0.1, -0.05) is 30.3 Å². The molecule has 0 aliphatic heterocycles. The second-order valence-electron chi connectivity index (χ2n) is 4.92. The fourth-order valence-electron chi connectivity index (χ4n) is 2.24. The van der Waals surface area contributed by atoms with Gasteiger partial charge in [-0.05, 0) is 18.4 Å². The zero-order valence-electron chi connectivity index (χ0n) is 10.6. The van der Waals surface area contributed by atoms with Crippen LogP contribution in [0.3, 0.4) is 0 Å². The van der Waals surface area contributed by atoms with Gasteiger partial charge in [0.15, 0.2) is 0 Å². The third kappa shape index (κ3) is 4.04. The van der Waals surface area contributed by atoms with E-state index in [9.17, 15) is 4.79 Å². The van der Waals surface area contributed by atoms with Crippen molar-refractivity contribution in [3.63, 3.8) is 0 Å². The van der Waals surface area contributed by atoms with Gasteiger partial charge in [0, 0.05) is 18.9 Å². The highest BCUT2D eigenvalue weighted by Gasteiger charge is 2.22. The quantitative estimate of drug-likeness (QED) is 0.851. The number of carbonyl (C=O) groups excluding carboxylic acids is 1. The Labute approximate surface area is 108 Å². The van der Waals surface area contributed by atoms with Crippen LogP contribution >= 0.6 is 0 Å². The van der Waals surface area contributed by atoms with Gasteiger partial charge in [0.1, 0.15) is 6.61 Å². The molecule has 1 aromatic carbocycles. The molecule has 1 aromatic rings. The van der Waals surface area contributed by atoms with Gasteiger partial charge in [-0.15, -0.1) is 0 Å². The van der Waals surface area contributed by atoms with Crippen molar-refractivity contribution in [3.05, 3.63) is 35.9 Å². The summed E-state index contributed by atoms with van der Waals surface area (Å²) in [5, 5.41) is 2.92. The van der Waals surface area contributed by atoms with E-state index in [1.807, 2.05) is 30.3 Å². The molecule has 4 nitrogen and oxygen atoms in total. The predicted molar refractivity (Wildman–Crippen MR) is 68.7 cm³/mol. The van der Waals surface area contributed by atoms with E-state index in [1.54, 1.807) is 0 Å². The first-order chi connectivity index (χ1) is 8.74. The number of hydrogen-bond donors (Lipinski definition) is 2. The molecule has 18 heavy (non-hydrogen) atoms. The minimum Gasteiger partial charge on any atom is -0.445 e. The molecule has 98 valence electrons. The highest BCUT2D eigenvalue weighted by Crippen LogP contribution is 2.16. The molecule has 2 rings (SSSR count). The van der Waals surface area contributed by atoms with Crippen LogP contribution < -0.4 is 11.1 Å². The number of alkyl carbamates (subject to hydrolysis) is 1. The number of benzene rings is 1. The Bertz CT molecular complexity index is 373. The molecule has 0 radical (unpaired) electrons. The predicted octanol–water partition coefficient (Wildman–Crippen LogP) is 1.47. The number of quaternary nitrogens is 1. The molecule has 0 bridgehead atoms. The van der Waals surface area contributed by atoms with E-state index in [-0.39, 0.29) is 12.1 Å². The maximum absolute atomic E-state index is 11.6. The topological polar surface area (TPSA) is 66.0 Å². The Morgan fingerprint density at radius 2 is 1.89 bits per heavy atom. The van der Waals surface area contributed by atoms with Crippen LogP contribution in [0.5, 0.6) is 0 Å². The lowest BCUT2D eigenvalue weighted by Crippen LogP contribution is -2.62. The minimum absolute atomic E-state index is 0.256. The third-order valence-electron chi connectivity index (χ3n) is 3.38. The SMILES string of the molecule is [NH3+]C1CCC(NC(=O)OCc2ccccc2)CC1. The Morgan fingerprint density at radius 3 is 2.56 bits per heavy atom. The molecule has 1 amide bonds. The maximum Gasteiger partial charge on any atom is 0.407 e. The van der Waals surface area contributed by atoms with E-state index in [0.29, 0.717) is 12.6 Å². The molecule has 1 fully saturated rings. The van der Waals surface area contributed by atoms with Crippen molar-refractivity contribution in [2.75, 3.05) is 0 Å². The van der Waals surface area contributed by atoms with Crippen LogP contribution in [-0.4, -0.2) is 18.2 Å². The van der Waals surface area contributed by atoms with Crippen molar-refractivity contribution >= 4 is 6.09 Å². The normalized spacial score (nSPS) is 23.4. The number of carbonyl (C=O) groups is 1.